The fourth-order valence-corrected chi connectivity index (χ4v) is 2.14. The second kappa shape index (κ2) is 7.75. The summed E-state index contributed by atoms with van der Waals surface area (Å²) in [6.07, 6.45) is -7.82. The van der Waals surface area contributed by atoms with Gasteiger partial charge in [-0.25, -0.2) is 0 Å². The first-order valence-electron chi connectivity index (χ1n) is 7.16. The molecule has 0 aliphatic rings. The number of allylic oxidation sites excluding steroid dienone is 1. The summed E-state index contributed by atoms with van der Waals surface area (Å²) in [5, 5.41) is 0. The Morgan fingerprint density at radius 2 is 1.65 bits per heavy atom. The summed E-state index contributed by atoms with van der Waals surface area (Å²) < 4.78 is 84.5. The van der Waals surface area contributed by atoms with Crippen LogP contribution in [0.2, 0.25) is 0 Å². The third kappa shape index (κ3) is 5.18. The Labute approximate surface area is 130 Å². The van der Waals surface area contributed by atoms with Crippen LogP contribution in [0.3, 0.4) is 0 Å². The van der Waals surface area contributed by atoms with Gasteiger partial charge in [-0.1, -0.05) is 25.5 Å². The summed E-state index contributed by atoms with van der Waals surface area (Å²) in [7, 11) is 0. The van der Waals surface area contributed by atoms with Crippen molar-refractivity contribution in [2.45, 2.75) is 45.0 Å². The standard InChI is InChI=1S/C16H18F6O/c1-3-5-7-11-8-9-12(23-10-6-4-2)14(16(20,21)22)13(11)15(17,18)19/h3,8-9H,1,4-7,10H2,2H3. The average molecular weight is 340 g/mol. The molecule has 0 fully saturated rings. The number of ether oxygens (including phenoxy) is 1. The third-order valence-corrected chi connectivity index (χ3v) is 3.19. The van der Waals surface area contributed by atoms with Gasteiger partial charge in [0.15, 0.2) is 0 Å². The Bertz CT molecular complexity index is 531. The zero-order valence-electron chi connectivity index (χ0n) is 12.7. The molecule has 0 saturated heterocycles. The lowest BCUT2D eigenvalue weighted by molar-refractivity contribution is -0.163. The molecule has 0 aliphatic heterocycles. The zero-order chi connectivity index (χ0) is 17.7. The molecule has 0 aromatic heterocycles. The van der Waals surface area contributed by atoms with Crippen LogP contribution in [0.1, 0.15) is 42.9 Å². The molecule has 23 heavy (non-hydrogen) atoms. The van der Waals surface area contributed by atoms with Gasteiger partial charge in [0.1, 0.15) is 11.3 Å². The predicted octanol–water partition coefficient (Wildman–Crippen LogP) is 6.02. The van der Waals surface area contributed by atoms with Gasteiger partial charge in [0.05, 0.1) is 12.2 Å². The van der Waals surface area contributed by atoms with Crippen molar-refractivity contribution in [3.63, 3.8) is 0 Å². The van der Waals surface area contributed by atoms with Crippen molar-refractivity contribution in [3.8, 4) is 5.75 Å². The molecule has 0 radical (unpaired) electrons. The van der Waals surface area contributed by atoms with Crippen molar-refractivity contribution in [2.24, 2.45) is 0 Å². The number of benzene rings is 1. The first-order chi connectivity index (χ1) is 10.6. The molecule has 1 aromatic carbocycles. The van der Waals surface area contributed by atoms with Crippen LogP contribution in [0.4, 0.5) is 26.3 Å². The van der Waals surface area contributed by atoms with Gasteiger partial charge >= 0.3 is 12.4 Å². The largest absolute Gasteiger partial charge is 0.493 e. The van der Waals surface area contributed by atoms with Gasteiger partial charge in [0, 0.05) is 0 Å². The van der Waals surface area contributed by atoms with Crippen molar-refractivity contribution >= 4 is 0 Å². The van der Waals surface area contributed by atoms with Gasteiger partial charge in [-0.2, -0.15) is 26.3 Å². The maximum absolute atomic E-state index is 13.3. The highest BCUT2D eigenvalue weighted by molar-refractivity contribution is 5.49. The number of hydrogen-bond acceptors (Lipinski definition) is 1. The summed E-state index contributed by atoms with van der Waals surface area (Å²) in [6.45, 7) is 5.11. The van der Waals surface area contributed by atoms with Crippen LogP contribution >= 0.6 is 0 Å². The van der Waals surface area contributed by atoms with Gasteiger partial charge in [-0.3, -0.25) is 0 Å². The lowest BCUT2D eigenvalue weighted by Crippen LogP contribution is -2.21. The van der Waals surface area contributed by atoms with E-state index in [2.05, 4.69) is 6.58 Å². The fraction of sp³-hybridized carbons (Fsp3) is 0.500. The van der Waals surface area contributed by atoms with E-state index >= 15 is 0 Å². The second-order valence-electron chi connectivity index (χ2n) is 5.00. The molecule has 0 spiro atoms. The zero-order valence-corrected chi connectivity index (χ0v) is 12.7. The number of aryl methyl sites for hydroxylation is 1. The number of rotatable bonds is 7. The van der Waals surface area contributed by atoms with Crippen LogP contribution < -0.4 is 4.74 Å². The predicted molar refractivity (Wildman–Crippen MR) is 75.4 cm³/mol. The Kier molecular flexibility index (Phi) is 6.53. The normalized spacial score (nSPS) is 12.3. The molecule has 1 aromatic rings. The minimum Gasteiger partial charge on any atom is -0.493 e. The topological polar surface area (TPSA) is 9.23 Å². The van der Waals surface area contributed by atoms with Crippen LogP contribution in [-0.2, 0) is 18.8 Å². The van der Waals surface area contributed by atoms with E-state index in [0.717, 1.165) is 12.1 Å². The Hall–Kier alpha value is -1.66. The van der Waals surface area contributed by atoms with E-state index in [4.69, 9.17) is 4.74 Å². The highest BCUT2D eigenvalue weighted by Gasteiger charge is 2.47. The van der Waals surface area contributed by atoms with Crippen molar-refractivity contribution in [1.29, 1.82) is 0 Å². The van der Waals surface area contributed by atoms with E-state index in [9.17, 15) is 26.3 Å². The third-order valence-electron chi connectivity index (χ3n) is 3.19. The van der Waals surface area contributed by atoms with Crippen LogP contribution in [0.15, 0.2) is 24.8 Å². The van der Waals surface area contributed by atoms with Crippen molar-refractivity contribution in [2.75, 3.05) is 6.61 Å². The van der Waals surface area contributed by atoms with Crippen LogP contribution in [0.5, 0.6) is 5.75 Å². The number of hydrogen-bond donors (Lipinski definition) is 0. The van der Waals surface area contributed by atoms with Gasteiger partial charge in [-0.15, -0.1) is 6.58 Å². The first-order valence-corrected chi connectivity index (χ1v) is 7.16. The lowest BCUT2D eigenvalue weighted by atomic mass is 9.95. The van der Waals surface area contributed by atoms with Crippen molar-refractivity contribution < 1.29 is 31.1 Å². The number of halogens is 6. The van der Waals surface area contributed by atoms with Crippen molar-refractivity contribution in [3.05, 3.63) is 41.5 Å². The lowest BCUT2D eigenvalue weighted by Gasteiger charge is -2.22. The minimum atomic E-state index is -5.16. The average Bonchev–Trinajstić information content (AvgIpc) is 2.43. The molecule has 0 bridgehead atoms. The highest BCUT2D eigenvalue weighted by atomic mass is 19.4. The molecule has 0 N–H and O–H groups in total. The minimum absolute atomic E-state index is 0.0666. The van der Waals surface area contributed by atoms with Gasteiger partial charge in [0.25, 0.3) is 0 Å². The summed E-state index contributed by atoms with van der Waals surface area (Å²) in [5.41, 5.74) is -3.82. The Morgan fingerprint density at radius 1 is 1.04 bits per heavy atom. The van der Waals surface area contributed by atoms with Gasteiger partial charge < -0.3 is 4.74 Å². The van der Waals surface area contributed by atoms with Crippen molar-refractivity contribution in [1.82, 2.24) is 0 Å². The molecule has 0 atom stereocenters. The van der Waals surface area contributed by atoms with Gasteiger partial charge in [-0.05, 0) is 30.9 Å². The quantitative estimate of drug-likeness (QED) is 0.335. The Morgan fingerprint density at radius 3 is 2.13 bits per heavy atom. The summed E-state index contributed by atoms with van der Waals surface area (Å²) in [5.74, 6) is -0.777. The van der Waals surface area contributed by atoms with E-state index in [1.807, 2.05) is 0 Å². The molecular formula is C16H18F6O. The molecular weight excluding hydrogens is 322 g/mol. The highest BCUT2D eigenvalue weighted by Crippen LogP contribution is 2.46. The molecule has 1 rings (SSSR count). The van der Waals surface area contributed by atoms with Crippen LogP contribution in [0, 0.1) is 0 Å². The molecule has 0 aliphatic carbocycles. The molecule has 0 amide bonds. The summed E-state index contributed by atoms with van der Waals surface area (Å²) in [4.78, 5) is 0. The van der Waals surface area contributed by atoms with E-state index < -0.39 is 34.8 Å². The fourth-order valence-electron chi connectivity index (χ4n) is 2.14. The summed E-state index contributed by atoms with van der Waals surface area (Å²) >= 11 is 0. The maximum Gasteiger partial charge on any atom is 0.420 e. The van der Waals surface area contributed by atoms with E-state index in [1.165, 1.54) is 6.08 Å². The first kappa shape index (κ1) is 19.4. The monoisotopic (exact) mass is 340 g/mol. The molecule has 0 saturated carbocycles. The molecule has 1 nitrogen and oxygen atoms in total. The molecule has 130 valence electrons. The van der Waals surface area contributed by atoms with Crippen LogP contribution in [-0.4, -0.2) is 6.61 Å². The molecule has 0 heterocycles. The molecule has 0 unspecified atom stereocenters. The van der Waals surface area contributed by atoms with Crippen LogP contribution in [0.25, 0.3) is 0 Å². The Balaban J connectivity index is 3.47. The molecule has 7 heteroatoms. The number of unbranched alkanes of at least 4 members (excludes halogenated alkanes) is 1. The van der Waals surface area contributed by atoms with Gasteiger partial charge in [0.2, 0.25) is 0 Å². The van der Waals surface area contributed by atoms with E-state index in [0.29, 0.717) is 12.8 Å². The second-order valence-corrected chi connectivity index (χ2v) is 5.00. The smallest absolute Gasteiger partial charge is 0.420 e. The maximum atomic E-state index is 13.3. The SMILES string of the molecule is C=CCCc1ccc(OCCCC)c(C(F)(F)F)c1C(F)(F)F. The number of alkyl halides is 6. The van der Waals surface area contributed by atoms with E-state index in [1.54, 1.807) is 6.92 Å². The summed E-state index contributed by atoms with van der Waals surface area (Å²) in [6, 6.07) is 2.01. The van der Waals surface area contributed by atoms with E-state index in [-0.39, 0.29) is 19.4 Å².